The SMILES string of the molecule is O=C(O)C1(c2cccc(CCNC[C@H]3CNc4cccnc4N3)c2)CCC1. The number of nitrogens with zero attached hydrogens (tertiary/aromatic N) is 1. The van der Waals surface area contributed by atoms with Gasteiger partial charge in [-0.1, -0.05) is 30.7 Å². The molecule has 2 aliphatic rings. The van der Waals surface area contributed by atoms with E-state index in [-0.39, 0.29) is 0 Å². The van der Waals surface area contributed by atoms with Gasteiger partial charge in [0.1, 0.15) is 5.82 Å². The van der Waals surface area contributed by atoms with E-state index in [1.54, 1.807) is 6.20 Å². The summed E-state index contributed by atoms with van der Waals surface area (Å²) >= 11 is 0. The average molecular weight is 366 g/mol. The van der Waals surface area contributed by atoms with Crippen molar-refractivity contribution in [2.75, 3.05) is 30.3 Å². The van der Waals surface area contributed by atoms with Gasteiger partial charge in [0.2, 0.25) is 0 Å². The highest BCUT2D eigenvalue weighted by atomic mass is 16.4. The lowest BCUT2D eigenvalue weighted by Gasteiger charge is -2.38. The van der Waals surface area contributed by atoms with Crippen LogP contribution < -0.4 is 16.0 Å². The highest BCUT2D eigenvalue weighted by Crippen LogP contribution is 2.44. The third-order valence-corrected chi connectivity index (χ3v) is 5.76. The van der Waals surface area contributed by atoms with Crippen LogP contribution in [0.4, 0.5) is 11.5 Å². The van der Waals surface area contributed by atoms with Gasteiger partial charge in [0.15, 0.2) is 0 Å². The predicted molar refractivity (Wildman–Crippen MR) is 106 cm³/mol. The highest BCUT2D eigenvalue weighted by Gasteiger charge is 2.45. The summed E-state index contributed by atoms with van der Waals surface area (Å²) in [6, 6.07) is 12.4. The van der Waals surface area contributed by atoms with E-state index in [9.17, 15) is 9.90 Å². The lowest BCUT2D eigenvalue weighted by atomic mass is 9.64. The summed E-state index contributed by atoms with van der Waals surface area (Å²) in [6.07, 6.45) is 5.18. The minimum Gasteiger partial charge on any atom is -0.481 e. The molecule has 6 nitrogen and oxygen atoms in total. The van der Waals surface area contributed by atoms with E-state index >= 15 is 0 Å². The molecule has 1 aromatic heterocycles. The fraction of sp³-hybridized carbons (Fsp3) is 0.429. The number of hydrogen-bond donors (Lipinski definition) is 4. The smallest absolute Gasteiger partial charge is 0.314 e. The van der Waals surface area contributed by atoms with Gasteiger partial charge in [0, 0.05) is 19.3 Å². The molecule has 0 unspecified atom stereocenters. The third kappa shape index (κ3) is 3.62. The first-order chi connectivity index (χ1) is 13.2. The molecule has 0 bridgehead atoms. The maximum absolute atomic E-state index is 11.7. The summed E-state index contributed by atoms with van der Waals surface area (Å²) in [4.78, 5) is 16.1. The van der Waals surface area contributed by atoms with Gasteiger partial charge < -0.3 is 21.1 Å². The Morgan fingerprint density at radius 1 is 1.30 bits per heavy atom. The van der Waals surface area contributed by atoms with Crippen LogP contribution in [0, 0.1) is 0 Å². The van der Waals surface area contributed by atoms with Crippen molar-refractivity contribution in [2.24, 2.45) is 0 Å². The molecule has 142 valence electrons. The predicted octanol–water partition coefficient (Wildman–Crippen LogP) is 2.63. The largest absolute Gasteiger partial charge is 0.481 e. The number of fused-ring (bicyclic) bond motifs is 1. The summed E-state index contributed by atoms with van der Waals surface area (Å²) in [5.41, 5.74) is 2.55. The standard InChI is InChI=1S/C21H26N4O2/c26-20(27)21(8-3-9-21)16-5-1-4-15(12-16)7-11-22-13-17-14-24-18-6-2-10-23-19(18)25-17/h1-2,4-6,10,12,17,22,24H,3,7-9,11,13-14H2,(H,23,25)(H,26,27)/t17-/m0/s1. The Labute approximate surface area is 159 Å². The second kappa shape index (κ2) is 7.56. The normalized spacial score (nSPS) is 19.9. The summed E-state index contributed by atoms with van der Waals surface area (Å²) in [7, 11) is 0. The molecule has 4 N–H and O–H groups in total. The van der Waals surface area contributed by atoms with Gasteiger partial charge in [-0.3, -0.25) is 4.79 Å². The highest BCUT2D eigenvalue weighted by molar-refractivity contribution is 5.82. The first-order valence-corrected chi connectivity index (χ1v) is 9.66. The monoisotopic (exact) mass is 366 g/mol. The number of aromatic nitrogens is 1. The van der Waals surface area contributed by atoms with E-state index in [0.717, 1.165) is 62.4 Å². The van der Waals surface area contributed by atoms with E-state index in [4.69, 9.17) is 0 Å². The first-order valence-electron chi connectivity index (χ1n) is 9.66. The van der Waals surface area contributed by atoms with Crippen LogP contribution in [0.25, 0.3) is 0 Å². The fourth-order valence-corrected chi connectivity index (χ4v) is 3.95. The van der Waals surface area contributed by atoms with Crippen LogP contribution in [0.2, 0.25) is 0 Å². The Bertz CT molecular complexity index is 819. The summed E-state index contributed by atoms with van der Waals surface area (Å²) in [6.45, 7) is 2.57. The Morgan fingerprint density at radius 3 is 2.96 bits per heavy atom. The van der Waals surface area contributed by atoms with Crippen LogP contribution in [-0.2, 0) is 16.6 Å². The molecule has 6 heteroatoms. The van der Waals surface area contributed by atoms with Gasteiger partial charge in [-0.05, 0) is 49.1 Å². The van der Waals surface area contributed by atoms with Crippen molar-refractivity contribution < 1.29 is 9.90 Å². The molecule has 27 heavy (non-hydrogen) atoms. The maximum atomic E-state index is 11.7. The van der Waals surface area contributed by atoms with Crippen LogP contribution in [0.1, 0.15) is 30.4 Å². The number of carboxylic acid groups (broad SMARTS) is 1. The molecule has 1 aliphatic carbocycles. The summed E-state index contributed by atoms with van der Waals surface area (Å²) in [5, 5.41) is 20.0. The van der Waals surface area contributed by atoms with E-state index in [0.29, 0.717) is 6.04 Å². The number of carbonyl (C=O) groups is 1. The summed E-state index contributed by atoms with van der Waals surface area (Å²) in [5.74, 6) is 0.219. The molecule has 2 aromatic rings. The van der Waals surface area contributed by atoms with Crippen LogP contribution in [0.3, 0.4) is 0 Å². The molecular formula is C21H26N4O2. The molecule has 2 heterocycles. The van der Waals surface area contributed by atoms with Crippen LogP contribution in [0.5, 0.6) is 0 Å². The van der Waals surface area contributed by atoms with Gasteiger partial charge in [-0.15, -0.1) is 0 Å². The Kier molecular flexibility index (Phi) is 4.99. The molecule has 4 rings (SSSR count). The average Bonchev–Trinajstić information content (AvgIpc) is 2.64. The van der Waals surface area contributed by atoms with Crippen molar-refractivity contribution in [1.29, 1.82) is 0 Å². The number of aliphatic carboxylic acids is 1. The van der Waals surface area contributed by atoms with Gasteiger partial charge in [0.05, 0.1) is 17.1 Å². The van der Waals surface area contributed by atoms with Crippen molar-refractivity contribution in [3.8, 4) is 0 Å². The zero-order chi connectivity index (χ0) is 18.7. The van der Waals surface area contributed by atoms with Gasteiger partial charge in [-0.2, -0.15) is 0 Å². The number of anilines is 2. The van der Waals surface area contributed by atoms with Crippen molar-refractivity contribution in [1.82, 2.24) is 10.3 Å². The lowest BCUT2D eigenvalue weighted by Crippen LogP contribution is -2.42. The molecule has 0 spiro atoms. The van der Waals surface area contributed by atoms with E-state index in [1.165, 1.54) is 5.56 Å². The maximum Gasteiger partial charge on any atom is 0.314 e. The van der Waals surface area contributed by atoms with Crippen molar-refractivity contribution in [3.05, 3.63) is 53.7 Å². The zero-order valence-electron chi connectivity index (χ0n) is 15.4. The molecule has 1 saturated carbocycles. The van der Waals surface area contributed by atoms with Crippen molar-refractivity contribution >= 4 is 17.5 Å². The summed E-state index contributed by atoms with van der Waals surface area (Å²) < 4.78 is 0. The molecule has 1 aromatic carbocycles. The van der Waals surface area contributed by atoms with Crippen LogP contribution in [0.15, 0.2) is 42.6 Å². The Morgan fingerprint density at radius 2 is 2.19 bits per heavy atom. The zero-order valence-corrected chi connectivity index (χ0v) is 15.4. The van der Waals surface area contributed by atoms with Gasteiger partial charge >= 0.3 is 5.97 Å². The third-order valence-electron chi connectivity index (χ3n) is 5.76. The van der Waals surface area contributed by atoms with Crippen LogP contribution >= 0.6 is 0 Å². The van der Waals surface area contributed by atoms with Crippen molar-refractivity contribution in [3.63, 3.8) is 0 Å². The molecule has 0 saturated heterocycles. The number of hydrogen-bond acceptors (Lipinski definition) is 5. The van der Waals surface area contributed by atoms with E-state index in [1.807, 2.05) is 24.3 Å². The number of pyridine rings is 1. The minimum absolute atomic E-state index is 0.295. The Hall–Kier alpha value is -2.60. The van der Waals surface area contributed by atoms with Gasteiger partial charge in [0.25, 0.3) is 0 Å². The molecule has 1 atom stereocenters. The van der Waals surface area contributed by atoms with E-state index in [2.05, 4.69) is 33.1 Å². The van der Waals surface area contributed by atoms with E-state index < -0.39 is 11.4 Å². The quantitative estimate of drug-likeness (QED) is 0.564. The van der Waals surface area contributed by atoms with Crippen molar-refractivity contribution in [2.45, 2.75) is 37.1 Å². The number of carboxylic acids is 1. The number of rotatable bonds is 7. The van der Waals surface area contributed by atoms with Crippen LogP contribution in [-0.4, -0.2) is 41.7 Å². The first kappa shape index (κ1) is 17.8. The topological polar surface area (TPSA) is 86.3 Å². The molecule has 0 radical (unpaired) electrons. The Balaban J connectivity index is 1.28. The molecule has 1 fully saturated rings. The minimum atomic E-state index is -0.686. The fourth-order valence-electron chi connectivity index (χ4n) is 3.95. The second-order valence-electron chi connectivity index (χ2n) is 7.52. The number of nitrogens with one attached hydrogen (secondary N) is 3. The molecular weight excluding hydrogens is 340 g/mol. The second-order valence-corrected chi connectivity index (χ2v) is 7.52. The molecule has 0 amide bonds. The lowest BCUT2D eigenvalue weighted by molar-refractivity contribution is -0.147. The van der Waals surface area contributed by atoms with Gasteiger partial charge in [-0.25, -0.2) is 4.98 Å². The molecule has 1 aliphatic heterocycles. The number of benzene rings is 1.